The monoisotopic (exact) mass is 424 g/mol. The van der Waals surface area contributed by atoms with E-state index < -0.39 is 0 Å². The van der Waals surface area contributed by atoms with Gasteiger partial charge in [0.25, 0.3) is 0 Å². The van der Waals surface area contributed by atoms with E-state index in [0.717, 1.165) is 39.3 Å². The van der Waals surface area contributed by atoms with E-state index >= 15 is 0 Å². The molecular formula is C24H52N6. The fourth-order valence-corrected chi connectivity index (χ4v) is 5.24. The van der Waals surface area contributed by atoms with Gasteiger partial charge in [0.05, 0.1) is 0 Å². The van der Waals surface area contributed by atoms with E-state index in [1.165, 1.54) is 38.8 Å². The van der Waals surface area contributed by atoms with Crippen LogP contribution in [0.3, 0.4) is 0 Å². The molecule has 0 aromatic heterocycles. The molecule has 3 aliphatic rings. The van der Waals surface area contributed by atoms with Gasteiger partial charge in [0.2, 0.25) is 0 Å². The topological polar surface area (TPSA) is 54.6 Å². The smallest absolute Gasteiger partial charge is 0.0119 e. The Labute approximate surface area is 187 Å². The van der Waals surface area contributed by atoms with E-state index in [2.05, 4.69) is 72.9 Å². The van der Waals surface area contributed by atoms with Crippen LogP contribution in [0.1, 0.15) is 53.4 Å². The van der Waals surface area contributed by atoms with Gasteiger partial charge >= 0.3 is 0 Å². The molecule has 3 fully saturated rings. The molecule has 2 bridgehead atoms. The normalized spacial score (nSPS) is 38.6. The Hall–Kier alpha value is -0.240. The molecule has 30 heavy (non-hydrogen) atoms. The highest BCUT2D eigenvalue weighted by atomic mass is 15.2. The van der Waals surface area contributed by atoms with Crippen LogP contribution < -0.4 is 21.3 Å². The Bertz CT molecular complexity index is 409. The molecule has 0 aliphatic carbocycles. The fraction of sp³-hybridized carbons (Fsp3) is 1.00. The summed E-state index contributed by atoms with van der Waals surface area (Å²) in [7, 11) is 4.65. The minimum Gasteiger partial charge on any atom is -0.316 e. The molecule has 3 aliphatic heterocycles. The van der Waals surface area contributed by atoms with Gasteiger partial charge in [0.1, 0.15) is 0 Å². The minimum atomic E-state index is 0.521. The van der Waals surface area contributed by atoms with E-state index in [4.69, 9.17) is 0 Å². The highest BCUT2D eigenvalue weighted by Gasteiger charge is 2.28. The van der Waals surface area contributed by atoms with Crippen LogP contribution in [-0.4, -0.2) is 100 Å². The van der Waals surface area contributed by atoms with Crippen LogP contribution in [0.4, 0.5) is 0 Å². The zero-order valence-electron chi connectivity index (χ0n) is 20.8. The van der Waals surface area contributed by atoms with Gasteiger partial charge in [0, 0.05) is 49.1 Å². The molecule has 0 saturated carbocycles. The van der Waals surface area contributed by atoms with E-state index in [1.54, 1.807) is 0 Å². The minimum absolute atomic E-state index is 0.521. The summed E-state index contributed by atoms with van der Waals surface area (Å²) in [5.74, 6) is 1.23. The molecule has 3 saturated heterocycles. The Morgan fingerprint density at radius 1 is 0.567 bits per heavy atom. The van der Waals surface area contributed by atoms with Crippen molar-refractivity contribution >= 4 is 0 Å². The van der Waals surface area contributed by atoms with E-state index in [-0.39, 0.29) is 0 Å². The first kappa shape index (κ1) is 26.0. The summed E-state index contributed by atoms with van der Waals surface area (Å²) in [4.78, 5) is 5.19. The van der Waals surface area contributed by atoms with Crippen molar-refractivity contribution in [1.82, 2.24) is 31.1 Å². The number of fused-ring (bicyclic) bond motifs is 19. The van der Waals surface area contributed by atoms with Gasteiger partial charge in [-0.2, -0.15) is 0 Å². The number of nitrogens with one attached hydrogen (secondary N) is 4. The van der Waals surface area contributed by atoms with Crippen LogP contribution in [0, 0.1) is 11.8 Å². The summed E-state index contributed by atoms with van der Waals surface area (Å²) < 4.78 is 0. The van der Waals surface area contributed by atoms with Gasteiger partial charge < -0.3 is 31.1 Å². The largest absolute Gasteiger partial charge is 0.316 e. The van der Waals surface area contributed by atoms with E-state index in [9.17, 15) is 0 Å². The second-order valence-electron chi connectivity index (χ2n) is 10.1. The van der Waals surface area contributed by atoms with Crippen molar-refractivity contribution in [3.05, 3.63) is 0 Å². The Morgan fingerprint density at radius 3 is 1.40 bits per heavy atom. The Kier molecular flexibility index (Phi) is 12.2. The van der Waals surface area contributed by atoms with Gasteiger partial charge in [-0.3, -0.25) is 0 Å². The van der Waals surface area contributed by atoms with E-state index in [0.29, 0.717) is 36.0 Å². The van der Waals surface area contributed by atoms with Crippen LogP contribution in [0.2, 0.25) is 0 Å². The molecule has 6 unspecified atom stereocenters. The predicted molar refractivity (Wildman–Crippen MR) is 130 cm³/mol. The highest BCUT2D eigenvalue weighted by Crippen LogP contribution is 2.17. The first-order chi connectivity index (χ1) is 14.4. The second kappa shape index (κ2) is 14.0. The predicted octanol–water partition coefficient (Wildman–Crippen LogP) is 1.58. The van der Waals surface area contributed by atoms with Gasteiger partial charge in [-0.1, -0.05) is 0 Å². The Balaban J connectivity index is 2.20. The zero-order chi connectivity index (χ0) is 21.9. The first-order valence-corrected chi connectivity index (χ1v) is 12.7. The summed E-state index contributed by atoms with van der Waals surface area (Å²) in [6.45, 7) is 18.6. The lowest BCUT2D eigenvalue weighted by Crippen LogP contribution is -2.51. The molecular weight excluding hydrogens is 372 g/mol. The van der Waals surface area contributed by atoms with Crippen LogP contribution in [0.15, 0.2) is 0 Å². The first-order valence-electron chi connectivity index (χ1n) is 12.7. The Morgan fingerprint density at radius 2 is 0.967 bits per heavy atom. The molecule has 0 amide bonds. The van der Waals surface area contributed by atoms with Gasteiger partial charge in [-0.25, -0.2) is 0 Å². The summed E-state index contributed by atoms with van der Waals surface area (Å²) in [5.41, 5.74) is 0. The van der Waals surface area contributed by atoms with Gasteiger partial charge in [-0.05, 0) is 107 Å². The number of hydrogen-bond acceptors (Lipinski definition) is 6. The molecule has 0 aromatic rings. The molecule has 6 nitrogen and oxygen atoms in total. The molecule has 0 aromatic carbocycles. The molecule has 3 heterocycles. The number of rotatable bonds is 0. The molecule has 6 heteroatoms. The van der Waals surface area contributed by atoms with Crippen LogP contribution in [-0.2, 0) is 0 Å². The maximum atomic E-state index is 3.85. The lowest BCUT2D eigenvalue weighted by Gasteiger charge is -2.36. The molecule has 6 atom stereocenters. The third-order valence-electron chi connectivity index (χ3n) is 7.94. The average molecular weight is 425 g/mol. The standard InChI is InChI=1S/C24H52N6/c1-19-23-17-25-11-9-12-26-18-24(20(2)28-14-10-13-27-19)22(4)30(6)16-8-7-15-29(5)21(23)3/h19-28H,7-18H2,1-6H3. The second-order valence-corrected chi connectivity index (χ2v) is 10.1. The van der Waals surface area contributed by atoms with Crippen LogP contribution >= 0.6 is 0 Å². The molecule has 178 valence electrons. The molecule has 0 radical (unpaired) electrons. The van der Waals surface area contributed by atoms with Crippen LogP contribution in [0.25, 0.3) is 0 Å². The quantitative estimate of drug-likeness (QED) is 0.474. The van der Waals surface area contributed by atoms with Gasteiger partial charge in [0.15, 0.2) is 0 Å². The van der Waals surface area contributed by atoms with E-state index in [1.807, 2.05) is 0 Å². The molecule has 0 spiro atoms. The van der Waals surface area contributed by atoms with Crippen molar-refractivity contribution in [3.63, 3.8) is 0 Å². The van der Waals surface area contributed by atoms with Crippen molar-refractivity contribution in [2.45, 2.75) is 77.5 Å². The lowest BCUT2D eigenvalue weighted by molar-refractivity contribution is 0.146. The third-order valence-corrected chi connectivity index (χ3v) is 7.94. The van der Waals surface area contributed by atoms with Crippen molar-refractivity contribution in [3.8, 4) is 0 Å². The molecule has 4 N–H and O–H groups in total. The van der Waals surface area contributed by atoms with Crippen molar-refractivity contribution in [2.75, 3.05) is 66.5 Å². The average Bonchev–Trinajstić information content (AvgIpc) is 2.72. The summed E-state index contributed by atoms with van der Waals surface area (Å²) in [6, 6.07) is 2.19. The van der Waals surface area contributed by atoms with Gasteiger partial charge in [-0.15, -0.1) is 0 Å². The SMILES string of the molecule is CC1NCCCNC(C)C2CNCCCNCC1C(C)N(C)CCCCN(C)C2C. The third kappa shape index (κ3) is 8.36. The summed E-state index contributed by atoms with van der Waals surface area (Å²) in [6.07, 6.45) is 4.92. The zero-order valence-corrected chi connectivity index (χ0v) is 20.8. The maximum Gasteiger partial charge on any atom is 0.0119 e. The molecule has 3 rings (SSSR count). The number of nitrogens with zero attached hydrogens (tertiary/aromatic N) is 2. The lowest BCUT2D eigenvalue weighted by atomic mass is 9.92. The van der Waals surface area contributed by atoms with Crippen LogP contribution in [0.5, 0.6) is 0 Å². The fourth-order valence-electron chi connectivity index (χ4n) is 5.24. The maximum absolute atomic E-state index is 3.85. The summed E-state index contributed by atoms with van der Waals surface area (Å²) in [5, 5.41) is 15.2. The van der Waals surface area contributed by atoms with Crippen molar-refractivity contribution in [1.29, 1.82) is 0 Å². The van der Waals surface area contributed by atoms with Crippen molar-refractivity contribution < 1.29 is 0 Å². The summed E-state index contributed by atoms with van der Waals surface area (Å²) >= 11 is 0. The van der Waals surface area contributed by atoms with Crippen molar-refractivity contribution in [2.24, 2.45) is 11.8 Å². The number of hydrogen-bond donors (Lipinski definition) is 4. The highest BCUT2D eigenvalue weighted by molar-refractivity contribution is 4.86.